The first-order valence-electron chi connectivity index (χ1n) is 7.45. The van der Waals surface area contributed by atoms with Crippen LogP contribution in [0.3, 0.4) is 0 Å². The Hall–Kier alpha value is -1.48. The Morgan fingerprint density at radius 1 is 1.32 bits per heavy atom. The largest absolute Gasteiger partial charge is 0.365 e. The fourth-order valence-corrected chi connectivity index (χ4v) is 3.82. The topological polar surface area (TPSA) is 22.3 Å². The molecule has 3 nitrogen and oxygen atoms in total. The van der Waals surface area contributed by atoms with Gasteiger partial charge >= 0.3 is 0 Å². The molecule has 3 heterocycles. The molecule has 0 bridgehead atoms. The van der Waals surface area contributed by atoms with Crippen molar-refractivity contribution in [3.8, 4) is 0 Å². The highest BCUT2D eigenvalue weighted by Gasteiger charge is 2.32. The fraction of sp³-hybridized carbons (Fsp3) is 0.500. The number of aromatic amines is 1. The first-order valence-corrected chi connectivity index (χ1v) is 7.45. The van der Waals surface area contributed by atoms with Gasteiger partial charge in [-0.1, -0.05) is 13.0 Å². The van der Waals surface area contributed by atoms with Gasteiger partial charge in [0.25, 0.3) is 0 Å². The van der Waals surface area contributed by atoms with E-state index in [-0.39, 0.29) is 0 Å². The Morgan fingerprint density at radius 2 is 2.26 bits per heavy atom. The molecule has 1 aromatic carbocycles. The maximum Gasteiger partial charge on any atom is 0.0477 e. The third-order valence-corrected chi connectivity index (χ3v) is 4.64. The SMILES string of the molecule is CCCN1CCN2c3cccc4[nH]cc(c34)C[C@H]2C1. The standard InChI is InChI=1S/C16H21N3/c1-2-6-18-7-8-19-13(11-18)9-12-10-17-14-4-3-5-15(19)16(12)14/h3-5,10,13,17H,2,6-9,11H2,1H3/t13-/m0/s1. The molecule has 2 aliphatic rings. The van der Waals surface area contributed by atoms with E-state index in [0.717, 1.165) is 0 Å². The lowest BCUT2D eigenvalue weighted by molar-refractivity contribution is 0.221. The van der Waals surface area contributed by atoms with Crippen molar-refractivity contribution >= 4 is 16.6 Å². The summed E-state index contributed by atoms with van der Waals surface area (Å²) in [7, 11) is 0. The van der Waals surface area contributed by atoms with Crippen LogP contribution in [0.1, 0.15) is 18.9 Å². The molecule has 1 atom stereocenters. The quantitative estimate of drug-likeness (QED) is 0.891. The number of benzene rings is 1. The zero-order valence-corrected chi connectivity index (χ0v) is 11.5. The van der Waals surface area contributed by atoms with E-state index in [0.29, 0.717) is 6.04 Å². The van der Waals surface area contributed by atoms with Crippen molar-refractivity contribution in [3.63, 3.8) is 0 Å². The second-order valence-electron chi connectivity index (χ2n) is 5.87. The Bertz CT molecular complexity index is 601. The van der Waals surface area contributed by atoms with E-state index >= 15 is 0 Å². The molecule has 0 spiro atoms. The van der Waals surface area contributed by atoms with Crippen LogP contribution >= 0.6 is 0 Å². The summed E-state index contributed by atoms with van der Waals surface area (Å²) in [6.07, 6.45) is 4.67. The van der Waals surface area contributed by atoms with Crippen LogP contribution in [0.4, 0.5) is 5.69 Å². The van der Waals surface area contributed by atoms with Gasteiger partial charge < -0.3 is 9.88 Å². The lowest BCUT2D eigenvalue weighted by Gasteiger charge is -2.45. The molecule has 1 saturated heterocycles. The van der Waals surface area contributed by atoms with Gasteiger partial charge in [0, 0.05) is 48.5 Å². The number of piperazine rings is 1. The molecule has 0 saturated carbocycles. The molecule has 100 valence electrons. The van der Waals surface area contributed by atoms with E-state index in [1.165, 1.54) is 61.2 Å². The van der Waals surface area contributed by atoms with Gasteiger partial charge in [0.1, 0.15) is 0 Å². The smallest absolute Gasteiger partial charge is 0.0477 e. The molecule has 0 radical (unpaired) electrons. The Morgan fingerprint density at radius 3 is 3.16 bits per heavy atom. The summed E-state index contributed by atoms with van der Waals surface area (Å²) in [4.78, 5) is 8.68. The first-order chi connectivity index (χ1) is 9.36. The minimum absolute atomic E-state index is 0.661. The van der Waals surface area contributed by atoms with Gasteiger partial charge in [-0.15, -0.1) is 0 Å². The molecule has 1 fully saturated rings. The van der Waals surface area contributed by atoms with Crippen LogP contribution in [0.15, 0.2) is 24.4 Å². The van der Waals surface area contributed by atoms with E-state index in [1.807, 2.05) is 0 Å². The molecule has 19 heavy (non-hydrogen) atoms. The summed E-state index contributed by atoms with van der Waals surface area (Å²) in [5, 5.41) is 1.46. The summed E-state index contributed by atoms with van der Waals surface area (Å²) in [6, 6.07) is 7.32. The Kier molecular flexibility index (Phi) is 2.55. The number of rotatable bonds is 2. The molecule has 2 aliphatic heterocycles. The highest BCUT2D eigenvalue weighted by Crippen LogP contribution is 2.37. The summed E-state index contributed by atoms with van der Waals surface area (Å²) < 4.78 is 0. The maximum absolute atomic E-state index is 3.43. The van der Waals surface area contributed by atoms with Crippen molar-refractivity contribution < 1.29 is 0 Å². The zero-order chi connectivity index (χ0) is 12.8. The third-order valence-electron chi connectivity index (χ3n) is 4.64. The van der Waals surface area contributed by atoms with Crippen LogP contribution in [0.25, 0.3) is 10.9 Å². The van der Waals surface area contributed by atoms with Crippen LogP contribution in [0.5, 0.6) is 0 Å². The Balaban J connectivity index is 1.72. The first kappa shape index (κ1) is 11.4. The predicted octanol–water partition coefficient (Wildman–Crippen LogP) is 2.62. The normalized spacial score (nSPS) is 22.8. The average Bonchev–Trinajstić information content (AvgIpc) is 2.84. The van der Waals surface area contributed by atoms with E-state index in [2.05, 4.69) is 46.1 Å². The zero-order valence-electron chi connectivity index (χ0n) is 11.5. The van der Waals surface area contributed by atoms with Gasteiger partial charge in [0.05, 0.1) is 0 Å². The van der Waals surface area contributed by atoms with E-state index in [9.17, 15) is 0 Å². The third kappa shape index (κ3) is 1.68. The van der Waals surface area contributed by atoms with Gasteiger partial charge in [-0.2, -0.15) is 0 Å². The lowest BCUT2D eigenvalue weighted by atomic mass is 9.94. The molecule has 3 heteroatoms. The highest BCUT2D eigenvalue weighted by molar-refractivity contribution is 5.96. The summed E-state index contributed by atoms with van der Waals surface area (Å²) >= 11 is 0. The molecule has 4 rings (SSSR count). The van der Waals surface area contributed by atoms with E-state index < -0.39 is 0 Å². The highest BCUT2D eigenvalue weighted by atomic mass is 15.3. The molecular weight excluding hydrogens is 234 g/mol. The summed E-state index contributed by atoms with van der Waals surface area (Å²) in [5.41, 5.74) is 4.24. The van der Waals surface area contributed by atoms with E-state index in [4.69, 9.17) is 0 Å². The van der Waals surface area contributed by atoms with Gasteiger partial charge in [-0.3, -0.25) is 4.90 Å². The van der Waals surface area contributed by atoms with Crippen LogP contribution in [-0.4, -0.2) is 42.1 Å². The average molecular weight is 255 g/mol. The number of aromatic nitrogens is 1. The van der Waals surface area contributed by atoms with Crippen molar-refractivity contribution in [2.45, 2.75) is 25.8 Å². The minimum Gasteiger partial charge on any atom is -0.365 e. The summed E-state index contributed by atoms with van der Waals surface area (Å²) in [5.74, 6) is 0. The molecule has 0 amide bonds. The molecular formula is C16H21N3. The van der Waals surface area contributed by atoms with Gasteiger partial charge in [-0.25, -0.2) is 0 Å². The Labute approximate surface area is 114 Å². The number of hydrogen-bond acceptors (Lipinski definition) is 2. The number of nitrogens with one attached hydrogen (secondary N) is 1. The molecule has 2 aromatic rings. The van der Waals surface area contributed by atoms with Crippen molar-refractivity contribution in [2.75, 3.05) is 31.1 Å². The van der Waals surface area contributed by atoms with Crippen LogP contribution in [0.2, 0.25) is 0 Å². The van der Waals surface area contributed by atoms with E-state index in [1.54, 1.807) is 0 Å². The van der Waals surface area contributed by atoms with Crippen LogP contribution in [0, 0.1) is 0 Å². The van der Waals surface area contributed by atoms with Crippen LogP contribution in [-0.2, 0) is 6.42 Å². The number of H-pyrrole nitrogens is 1. The van der Waals surface area contributed by atoms with Crippen molar-refractivity contribution in [2.24, 2.45) is 0 Å². The summed E-state index contributed by atoms with van der Waals surface area (Å²) in [6.45, 7) is 7.12. The number of anilines is 1. The second-order valence-corrected chi connectivity index (χ2v) is 5.87. The fourth-order valence-electron chi connectivity index (χ4n) is 3.82. The molecule has 0 aliphatic carbocycles. The second kappa shape index (κ2) is 4.27. The monoisotopic (exact) mass is 255 g/mol. The van der Waals surface area contributed by atoms with Gasteiger partial charge in [0.2, 0.25) is 0 Å². The van der Waals surface area contributed by atoms with Crippen LogP contribution < -0.4 is 4.90 Å². The van der Waals surface area contributed by atoms with Crippen molar-refractivity contribution in [1.29, 1.82) is 0 Å². The van der Waals surface area contributed by atoms with Gasteiger partial charge in [-0.05, 0) is 37.1 Å². The predicted molar refractivity (Wildman–Crippen MR) is 79.9 cm³/mol. The number of nitrogens with zero attached hydrogens (tertiary/aromatic N) is 2. The van der Waals surface area contributed by atoms with Crippen molar-refractivity contribution in [3.05, 3.63) is 30.0 Å². The molecule has 1 N–H and O–H groups in total. The lowest BCUT2D eigenvalue weighted by Crippen LogP contribution is -2.55. The number of hydrogen-bond donors (Lipinski definition) is 1. The van der Waals surface area contributed by atoms with Gasteiger partial charge in [0.15, 0.2) is 0 Å². The minimum atomic E-state index is 0.661. The number of fused-ring (bicyclic) bond motifs is 2. The molecule has 1 aromatic heterocycles. The molecule has 0 unspecified atom stereocenters. The van der Waals surface area contributed by atoms with Crippen molar-refractivity contribution in [1.82, 2.24) is 9.88 Å². The maximum atomic E-state index is 3.43.